The molecule has 1 saturated heterocycles. The minimum Gasteiger partial charge on any atom is -0.373 e. The smallest absolute Gasteiger partial charge is 0.0954 e. The van der Waals surface area contributed by atoms with Gasteiger partial charge >= 0.3 is 0 Å². The first kappa shape index (κ1) is 16.1. The molecule has 22 heavy (non-hydrogen) atoms. The number of hydrogen-bond acceptors (Lipinski definition) is 5. The molecule has 1 aliphatic rings. The second kappa shape index (κ2) is 7.21. The maximum Gasteiger partial charge on any atom is 0.0954 e. The molecule has 1 fully saturated rings. The number of hydrogen-bond donors (Lipinski definition) is 0. The summed E-state index contributed by atoms with van der Waals surface area (Å²) in [4.78, 5) is 9.85. The summed E-state index contributed by atoms with van der Waals surface area (Å²) in [7, 11) is 2.17. The van der Waals surface area contributed by atoms with Crippen molar-refractivity contribution in [2.24, 2.45) is 0 Å². The quantitative estimate of drug-likeness (QED) is 0.757. The Morgan fingerprint density at radius 1 is 1.36 bits per heavy atom. The van der Waals surface area contributed by atoms with Crippen LogP contribution in [0.1, 0.15) is 59.2 Å². The Morgan fingerprint density at radius 2 is 2.23 bits per heavy atom. The van der Waals surface area contributed by atoms with Crippen LogP contribution in [-0.4, -0.2) is 23.5 Å². The molecule has 0 aliphatic carbocycles. The van der Waals surface area contributed by atoms with Crippen LogP contribution in [-0.2, 0) is 17.8 Å². The molecule has 5 heteroatoms. The van der Waals surface area contributed by atoms with E-state index in [4.69, 9.17) is 9.72 Å². The molecular weight excluding hydrogens is 312 g/mol. The molecular formula is C17H24N2OS2. The topological polar surface area (TPSA) is 25.4 Å². The van der Waals surface area contributed by atoms with Crippen molar-refractivity contribution < 1.29 is 4.74 Å². The lowest BCUT2D eigenvalue weighted by Crippen LogP contribution is -2.16. The van der Waals surface area contributed by atoms with Gasteiger partial charge in [0.05, 0.1) is 16.8 Å². The zero-order valence-electron chi connectivity index (χ0n) is 13.5. The summed E-state index contributed by atoms with van der Waals surface area (Å²) in [5.41, 5.74) is 1.19. The van der Waals surface area contributed by atoms with Crippen molar-refractivity contribution in [1.29, 1.82) is 0 Å². The zero-order chi connectivity index (χ0) is 15.5. The van der Waals surface area contributed by atoms with Gasteiger partial charge in [0.2, 0.25) is 0 Å². The molecule has 0 saturated carbocycles. The Morgan fingerprint density at radius 3 is 2.91 bits per heavy atom. The first-order chi connectivity index (χ1) is 10.6. The lowest BCUT2D eigenvalue weighted by molar-refractivity contribution is 0.114. The lowest BCUT2D eigenvalue weighted by atomic mass is 10.2. The van der Waals surface area contributed by atoms with Crippen molar-refractivity contribution in [3.05, 3.63) is 38.0 Å². The Bertz CT molecular complexity index is 599. The predicted octanol–water partition coefficient (Wildman–Crippen LogP) is 4.81. The lowest BCUT2D eigenvalue weighted by Gasteiger charge is -2.14. The van der Waals surface area contributed by atoms with Gasteiger partial charge in [0.25, 0.3) is 0 Å². The molecule has 3 nitrogen and oxygen atoms in total. The van der Waals surface area contributed by atoms with Gasteiger partial charge in [0.1, 0.15) is 0 Å². The molecule has 0 unspecified atom stereocenters. The number of nitrogens with zero attached hydrogens (tertiary/aromatic N) is 2. The second-order valence-electron chi connectivity index (χ2n) is 6.31. The number of thiophene rings is 1. The van der Waals surface area contributed by atoms with E-state index in [0.717, 1.165) is 19.7 Å². The van der Waals surface area contributed by atoms with E-state index in [0.29, 0.717) is 12.0 Å². The molecule has 0 aromatic carbocycles. The zero-order valence-corrected chi connectivity index (χ0v) is 15.2. The Kier molecular flexibility index (Phi) is 5.29. The molecule has 0 N–H and O–H groups in total. The van der Waals surface area contributed by atoms with Crippen molar-refractivity contribution in [2.45, 2.75) is 51.8 Å². The van der Waals surface area contributed by atoms with Crippen LogP contribution in [0.15, 0.2) is 17.5 Å². The average molecular weight is 337 g/mol. The van der Waals surface area contributed by atoms with Gasteiger partial charge < -0.3 is 4.74 Å². The van der Waals surface area contributed by atoms with E-state index in [2.05, 4.69) is 43.3 Å². The van der Waals surface area contributed by atoms with E-state index < -0.39 is 0 Å². The highest BCUT2D eigenvalue weighted by Gasteiger charge is 2.19. The van der Waals surface area contributed by atoms with E-state index in [9.17, 15) is 0 Å². The number of thiazole rings is 1. The molecule has 1 atom stereocenters. The van der Waals surface area contributed by atoms with E-state index in [1.165, 1.54) is 33.3 Å². The molecule has 0 bridgehead atoms. The van der Waals surface area contributed by atoms with Crippen molar-refractivity contribution in [3.8, 4) is 0 Å². The average Bonchev–Trinajstić information content (AvgIpc) is 3.18. The van der Waals surface area contributed by atoms with Crippen LogP contribution < -0.4 is 0 Å². The van der Waals surface area contributed by atoms with Gasteiger partial charge in [-0.2, -0.15) is 0 Å². The van der Waals surface area contributed by atoms with Crippen LogP contribution in [0.5, 0.6) is 0 Å². The van der Waals surface area contributed by atoms with Crippen LogP contribution in [0.2, 0.25) is 0 Å². The van der Waals surface area contributed by atoms with Gasteiger partial charge in [-0.25, -0.2) is 4.98 Å². The number of ether oxygens (including phenoxy) is 1. The van der Waals surface area contributed by atoms with Crippen molar-refractivity contribution >= 4 is 22.7 Å². The molecule has 3 heterocycles. The molecule has 0 radical (unpaired) electrons. The van der Waals surface area contributed by atoms with E-state index in [1.54, 1.807) is 11.3 Å². The van der Waals surface area contributed by atoms with Crippen molar-refractivity contribution in [1.82, 2.24) is 9.88 Å². The molecule has 3 rings (SSSR count). The Balaban J connectivity index is 1.55. The van der Waals surface area contributed by atoms with Crippen LogP contribution in [0.3, 0.4) is 0 Å². The highest BCUT2D eigenvalue weighted by molar-refractivity contribution is 7.12. The molecule has 0 spiro atoms. The molecule has 1 aliphatic heterocycles. The first-order valence-electron chi connectivity index (χ1n) is 7.95. The molecule has 2 aromatic heterocycles. The molecule has 0 amide bonds. The summed E-state index contributed by atoms with van der Waals surface area (Å²) in [5.74, 6) is 0.523. The van der Waals surface area contributed by atoms with Gasteiger partial charge in [-0.05, 0) is 32.0 Å². The predicted molar refractivity (Wildman–Crippen MR) is 93.6 cm³/mol. The maximum absolute atomic E-state index is 5.77. The van der Waals surface area contributed by atoms with Crippen molar-refractivity contribution in [3.63, 3.8) is 0 Å². The summed E-state index contributed by atoms with van der Waals surface area (Å²) >= 11 is 3.67. The summed E-state index contributed by atoms with van der Waals surface area (Å²) in [6.07, 6.45) is 2.71. The Hall–Kier alpha value is -0.750. The van der Waals surface area contributed by atoms with Gasteiger partial charge in [0, 0.05) is 40.7 Å². The van der Waals surface area contributed by atoms with Gasteiger partial charge in [-0.1, -0.05) is 13.8 Å². The highest BCUT2D eigenvalue weighted by atomic mass is 32.1. The number of rotatable bonds is 6. The summed E-state index contributed by atoms with van der Waals surface area (Å²) < 4.78 is 5.77. The monoisotopic (exact) mass is 336 g/mol. The third-order valence-corrected chi connectivity index (χ3v) is 6.21. The Labute approximate surface area is 141 Å². The van der Waals surface area contributed by atoms with Crippen LogP contribution in [0.25, 0.3) is 0 Å². The fourth-order valence-electron chi connectivity index (χ4n) is 2.71. The normalized spacial score (nSPS) is 18.7. The molecule has 2 aromatic rings. The minimum absolute atomic E-state index is 0.344. The SMILES string of the molecule is CC(C)c1nc(CN(C)Cc2ccc([C@H]3CCCO3)s2)cs1. The summed E-state index contributed by atoms with van der Waals surface area (Å²) in [6.45, 7) is 7.21. The first-order valence-corrected chi connectivity index (χ1v) is 9.64. The fraction of sp³-hybridized carbons (Fsp3) is 0.588. The third kappa shape index (κ3) is 3.96. The maximum atomic E-state index is 5.77. The van der Waals surface area contributed by atoms with Gasteiger partial charge in [-0.3, -0.25) is 4.90 Å². The standard InChI is InChI=1S/C17H24N2OS2/c1-12(2)17-18-13(11-21-17)9-19(3)10-14-6-7-16(22-14)15-5-4-8-20-15/h6-7,11-12,15H,4-5,8-10H2,1-3H3/t15-/m1/s1. The summed E-state index contributed by atoms with van der Waals surface area (Å²) in [6, 6.07) is 4.49. The van der Waals surface area contributed by atoms with Crippen LogP contribution >= 0.6 is 22.7 Å². The van der Waals surface area contributed by atoms with Gasteiger partial charge in [0.15, 0.2) is 0 Å². The van der Waals surface area contributed by atoms with Gasteiger partial charge in [-0.15, -0.1) is 22.7 Å². The minimum atomic E-state index is 0.344. The van der Waals surface area contributed by atoms with Crippen LogP contribution in [0, 0.1) is 0 Å². The highest BCUT2D eigenvalue weighted by Crippen LogP contribution is 2.33. The van der Waals surface area contributed by atoms with Crippen molar-refractivity contribution in [2.75, 3.05) is 13.7 Å². The van der Waals surface area contributed by atoms with E-state index in [1.807, 2.05) is 11.3 Å². The summed E-state index contributed by atoms with van der Waals surface area (Å²) in [5, 5.41) is 3.43. The fourth-order valence-corrected chi connectivity index (χ4v) is 4.72. The largest absolute Gasteiger partial charge is 0.373 e. The molecule has 120 valence electrons. The number of aromatic nitrogens is 1. The third-order valence-electron chi connectivity index (χ3n) is 3.85. The van der Waals surface area contributed by atoms with Crippen LogP contribution in [0.4, 0.5) is 0 Å². The van der Waals surface area contributed by atoms with E-state index >= 15 is 0 Å². The second-order valence-corrected chi connectivity index (χ2v) is 8.40. The van der Waals surface area contributed by atoms with E-state index in [-0.39, 0.29) is 0 Å².